The molecule has 0 amide bonds. The van der Waals surface area contributed by atoms with Crippen LogP contribution in [-0.4, -0.2) is 23.1 Å². The standard InChI is InChI=1S/C20H28O4.C2H6/c1-5-6-10(2)17-15-8-13(19(21)22)7-11(3)14(15)9-16-18(17)12(4)20(23)24-16;1-2/h8,10-11,13-14,16-18H,4-7,9H2,1-3H3,(H,21,22);1-2H3. The molecule has 0 bridgehead atoms. The van der Waals surface area contributed by atoms with E-state index in [4.69, 9.17) is 4.74 Å². The number of hydrogen-bond donors (Lipinski definition) is 1. The Morgan fingerprint density at radius 1 is 1.38 bits per heavy atom. The third kappa shape index (κ3) is 3.60. The van der Waals surface area contributed by atoms with Gasteiger partial charge in [-0.05, 0) is 36.5 Å². The Morgan fingerprint density at radius 2 is 2.04 bits per heavy atom. The predicted octanol–water partition coefficient (Wildman–Crippen LogP) is 4.85. The lowest BCUT2D eigenvalue weighted by Crippen LogP contribution is -2.44. The van der Waals surface area contributed by atoms with Gasteiger partial charge in [0.1, 0.15) is 6.10 Å². The zero-order valence-corrected chi connectivity index (χ0v) is 16.8. The van der Waals surface area contributed by atoms with Gasteiger partial charge < -0.3 is 9.84 Å². The number of carboxylic acids is 1. The van der Waals surface area contributed by atoms with Gasteiger partial charge in [-0.1, -0.05) is 65.7 Å². The number of aliphatic carboxylic acids is 1. The average molecular weight is 363 g/mol. The fourth-order valence-electron chi connectivity index (χ4n) is 5.28. The van der Waals surface area contributed by atoms with Gasteiger partial charge in [0.15, 0.2) is 0 Å². The number of allylic oxidation sites excluding steroid dienone is 1. The highest BCUT2D eigenvalue weighted by Gasteiger charge is 2.53. The van der Waals surface area contributed by atoms with Crippen molar-refractivity contribution in [1.82, 2.24) is 0 Å². The molecule has 1 aliphatic heterocycles. The van der Waals surface area contributed by atoms with E-state index in [0.29, 0.717) is 29.7 Å². The van der Waals surface area contributed by atoms with E-state index in [1.54, 1.807) is 0 Å². The molecule has 7 unspecified atom stereocenters. The lowest BCUT2D eigenvalue weighted by molar-refractivity contribution is -0.141. The zero-order valence-electron chi connectivity index (χ0n) is 16.8. The first-order chi connectivity index (χ1) is 12.3. The summed E-state index contributed by atoms with van der Waals surface area (Å²) in [6.07, 6.45) is 5.53. The number of hydrogen-bond acceptors (Lipinski definition) is 3. The van der Waals surface area contributed by atoms with E-state index in [1.807, 2.05) is 19.9 Å². The SMILES string of the molecule is C=C1C(=O)OC2CC3C(=CC(C(=O)O)CC3C)C(C(C)CCC)C12.CC. The highest BCUT2D eigenvalue weighted by Crippen LogP contribution is 2.54. The van der Waals surface area contributed by atoms with Crippen LogP contribution in [0.3, 0.4) is 0 Å². The van der Waals surface area contributed by atoms with Crippen LogP contribution in [0.25, 0.3) is 0 Å². The normalized spacial score (nSPS) is 36.7. The van der Waals surface area contributed by atoms with Gasteiger partial charge >= 0.3 is 11.9 Å². The van der Waals surface area contributed by atoms with E-state index < -0.39 is 11.9 Å². The summed E-state index contributed by atoms with van der Waals surface area (Å²) in [5.74, 6) is -0.206. The van der Waals surface area contributed by atoms with Gasteiger partial charge in [0, 0.05) is 11.5 Å². The van der Waals surface area contributed by atoms with Crippen molar-refractivity contribution >= 4 is 11.9 Å². The minimum atomic E-state index is -0.741. The Hall–Kier alpha value is -1.58. The lowest BCUT2D eigenvalue weighted by atomic mass is 9.57. The fourth-order valence-corrected chi connectivity index (χ4v) is 5.28. The van der Waals surface area contributed by atoms with Crippen LogP contribution in [0.4, 0.5) is 0 Å². The minimum Gasteiger partial charge on any atom is -0.481 e. The topological polar surface area (TPSA) is 63.6 Å². The Labute approximate surface area is 157 Å². The van der Waals surface area contributed by atoms with Crippen LogP contribution in [0.5, 0.6) is 0 Å². The molecule has 146 valence electrons. The Balaban J connectivity index is 0.00000117. The number of rotatable bonds is 4. The van der Waals surface area contributed by atoms with Gasteiger partial charge in [0.25, 0.3) is 0 Å². The van der Waals surface area contributed by atoms with Gasteiger partial charge in [-0.3, -0.25) is 4.79 Å². The van der Waals surface area contributed by atoms with Crippen molar-refractivity contribution in [2.45, 2.75) is 66.4 Å². The van der Waals surface area contributed by atoms with E-state index >= 15 is 0 Å². The average Bonchev–Trinajstić information content (AvgIpc) is 2.89. The summed E-state index contributed by atoms with van der Waals surface area (Å²) in [5, 5.41) is 9.52. The Bertz CT molecular complexity index is 591. The number of esters is 1. The van der Waals surface area contributed by atoms with Crippen molar-refractivity contribution < 1.29 is 19.4 Å². The predicted molar refractivity (Wildman–Crippen MR) is 103 cm³/mol. The number of carboxylic acid groups (broad SMARTS) is 1. The van der Waals surface area contributed by atoms with E-state index in [1.165, 1.54) is 5.57 Å². The number of ether oxygens (including phenoxy) is 1. The van der Waals surface area contributed by atoms with Gasteiger partial charge in [-0.25, -0.2) is 4.79 Å². The van der Waals surface area contributed by atoms with Crippen LogP contribution in [0, 0.1) is 35.5 Å². The molecule has 26 heavy (non-hydrogen) atoms. The van der Waals surface area contributed by atoms with E-state index in [2.05, 4.69) is 27.4 Å². The summed E-state index contributed by atoms with van der Waals surface area (Å²) in [6, 6.07) is 0. The molecular formula is C22H34O4. The van der Waals surface area contributed by atoms with E-state index in [0.717, 1.165) is 19.3 Å². The van der Waals surface area contributed by atoms with Gasteiger partial charge in [-0.15, -0.1) is 0 Å². The Kier molecular flexibility index (Phi) is 6.70. The Morgan fingerprint density at radius 3 is 2.62 bits per heavy atom. The van der Waals surface area contributed by atoms with Crippen LogP contribution < -0.4 is 0 Å². The first-order valence-corrected chi connectivity index (χ1v) is 10.2. The summed E-state index contributed by atoms with van der Waals surface area (Å²) in [7, 11) is 0. The third-order valence-electron chi connectivity index (χ3n) is 6.39. The molecule has 2 fully saturated rings. The van der Waals surface area contributed by atoms with Crippen molar-refractivity contribution in [2.24, 2.45) is 35.5 Å². The van der Waals surface area contributed by atoms with Crippen molar-refractivity contribution in [3.63, 3.8) is 0 Å². The zero-order chi connectivity index (χ0) is 19.6. The largest absolute Gasteiger partial charge is 0.481 e. The van der Waals surface area contributed by atoms with Gasteiger partial charge in [0.2, 0.25) is 0 Å². The molecule has 0 spiro atoms. The molecule has 0 aromatic heterocycles. The molecule has 7 atom stereocenters. The highest BCUT2D eigenvalue weighted by atomic mass is 16.6. The smallest absolute Gasteiger partial charge is 0.334 e. The maximum absolute atomic E-state index is 12.1. The molecule has 4 nitrogen and oxygen atoms in total. The number of carbonyl (C=O) groups excluding carboxylic acids is 1. The molecule has 1 heterocycles. The summed E-state index contributed by atoms with van der Waals surface area (Å²) in [4.78, 5) is 23.7. The quantitative estimate of drug-likeness (QED) is 0.441. The molecule has 4 heteroatoms. The number of carbonyl (C=O) groups is 2. The molecule has 0 radical (unpaired) electrons. The fraction of sp³-hybridized carbons (Fsp3) is 0.727. The van der Waals surface area contributed by atoms with Gasteiger partial charge in [0.05, 0.1) is 5.92 Å². The lowest BCUT2D eigenvalue weighted by Gasteiger charge is -2.47. The summed E-state index contributed by atoms with van der Waals surface area (Å²) in [5.41, 5.74) is 1.83. The van der Waals surface area contributed by atoms with Crippen LogP contribution in [-0.2, 0) is 14.3 Å². The number of fused-ring (bicyclic) bond motifs is 2. The molecule has 1 saturated carbocycles. The summed E-state index contributed by atoms with van der Waals surface area (Å²) >= 11 is 0. The van der Waals surface area contributed by atoms with Crippen molar-refractivity contribution in [3.05, 3.63) is 23.8 Å². The van der Waals surface area contributed by atoms with Crippen molar-refractivity contribution in [2.75, 3.05) is 0 Å². The monoisotopic (exact) mass is 362 g/mol. The summed E-state index contributed by atoms with van der Waals surface area (Å²) < 4.78 is 5.63. The molecule has 1 saturated heterocycles. The second-order valence-electron chi connectivity index (χ2n) is 7.95. The van der Waals surface area contributed by atoms with Crippen LogP contribution >= 0.6 is 0 Å². The molecule has 3 aliphatic rings. The molecule has 1 N–H and O–H groups in total. The molecule has 3 rings (SSSR count). The maximum Gasteiger partial charge on any atom is 0.334 e. The second kappa shape index (κ2) is 8.41. The van der Waals surface area contributed by atoms with Crippen molar-refractivity contribution in [3.8, 4) is 0 Å². The van der Waals surface area contributed by atoms with Crippen LogP contribution in [0.1, 0.15) is 60.3 Å². The molecule has 2 aliphatic carbocycles. The summed E-state index contributed by atoms with van der Waals surface area (Å²) in [6.45, 7) is 14.5. The molecular weight excluding hydrogens is 328 g/mol. The molecule has 0 aromatic rings. The maximum atomic E-state index is 12.1. The highest BCUT2D eigenvalue weighted by molar-refractivity contribution is 5.91. The van der Waals surface area contributed by atoms with Crippen molar-refractivity contribution in [1.29, 1.82) is 0 Å². The van der Waals surface area contributed by atoms with Gasteiger partial charge in [-0.2, -0.15) is 0 Å². The third-order valence-corrected chi connectivity index (χ3v) is 6.39. The van der Waals surface area contributed by atoms with Crippen LogP contribution in [0.2, 0.25) is 0 Å². The van der Waals surface area contributed by atoms with E-state index in [-0.39, 0.29) is 23.9 Å². The van der Waals surface area contributed by atoms with E-state index in [9.17, 15) is 14.7 Å². The second-order valence-corrected chi connectivity index (χ2v) is 7.95. The first-order valence-electron chi connectivity index (χ1n) is 10.2. The minimum absolute atomic E-state index is 0.0151. The van der Waals surface area contributed by atoms with Crippen LogP contribution in [0.15, 0.2) is 23.8 Å². The molecule has 0 aromatic carbocycles. The first kappa shape index (κ1) is 20.7.